The minimum absolute atomic E-state index is 0.0749. The number of rotatable bonds is 6. The van der Waals surface area contributed by atoms with Gasteiger partial charge in [0.25, 0.3) is 11.6 Å². The molecule has 0 aliphatic heterocycles. The molecular weight excluding hydrogens is 256 g/mol. The SMILES string of the molecule is CCn1cc([N+](=O)[O-])cc1C(=O)NCC(O)C(N)=O. The molecule has 9 heteroatoms. The minimum atomic E-state index is -1.50. The van der Waals surface area contributed by atoms with E-state index in [1.807, 2.05) is 0 Å². The first-order valence-corrected chi connectivity index (χ1v) is 5.47. The number of carbonyl (C=O) groups excluding carboxylic acids is 2. The minimum Gasteiger partial charge on any atom is -0.381 e. The smallest absolute Gasteiger partial charge is 0.287 e. The summed E-state index contributed by atoms with van der Waals surface area (Å²) in [5, 5.41) is 22.0. The van der Waals surface area contributed by atoms with Crippen molar-refractivity contribution in [3.63, 3.8) is 0 Å². The summed E-state index contributed by atoms with van der Waals surface area (Å²) in [5.74, 6) is -1.59. The number of hydrogen-bond acceptors (Lipinski definition) is 5. The molecule has 0 bridgehead atoms. The molecular formula is C10H14N4O5. The standard InChI is InChI=1S/C10H14N4O5/c1-2-13-5-6(14(18)19)3-7(13)10(17)12-4-8(15)9(11)16/h3,5,8,15H,2,4H2,1H3,(H2,11,16)(H,12,17). The molecule has 1 aromatic heterocycles. The normalized spacial score (nSPS) is 11.9. The molecule has 0 saturated carbocycles. The molecule has 0 radical (unpaired) electrons. The van der Waals surface area contributed by atoms with Gasteiger partial charge in [0.05, 0.1) is 17.7 Å². The summed E-state index contributed by atoms with van der Waals surface area (Å²) >= 11 is 0. The lowest BCUT2D eigenvalue weighted by Crippen LogP contribution is -2.40. The predicted octanol–water partition coefficient (Wildman–Crippen LogP) is -1.01. The van der Waals surface area contributed by atoms with E-state index in [0.717, 1.165) is 6.07 Å². The molecule has 0 aromatic carbocycles. The first-order valence-electron chi connectivity index (χ1n) is 5.47. The van der Waals surface area contributed by atoms with Gasteiger partial charge in [-0.3, -0.25) is 19.7 Å². The van der Waals surface area contributed by atoms with Crippen molar-refractivity contribution in [2.75, 3.05) is 6.54 Å². The average molecular weight is 270 g/mol. The van der Waals surface area contributed by atoms with Gasteiger partial charge in [0.1, 0.15) is 11.8 Å². The Hall–Kier alpha value is -2.42. The molecule has 104 valence electrons. The highest BCUT2D eigenvalue weighted by Crippen LogP contribution is 2.16. The van der Waals surface area contributed by atoms with Gasteiger partial charge in [-0.2, -0.15) is 0 Å². The molecule has 0 aliphatic rings. The monoisotopic (exact) mass is 270 g/mol. The van der Waals surface area contributed by atoms with E-state index in [1.54, 1.807) is 6.92 Å². The Bertz CT molecular complexity index is 510. The number of hydrogen-bond donors (Lipinski definition) is 3. The largest absolute Gasteiger partial charge is 0.381 e. The second kappa shape index (κ2) is 5.96. The van der Waals surface area contributed by atoms with Gasteiger partial charge in [0.2, 0.25) is 5.91 Å². The fourth-order valence-corrected chi connectivity index (χ4v) is 1.43. The number of aryl methyl sites for hydroxylation is 1. The fraction of sp³-hybridized carbons (Fsp3) is 0.400. The molecule has 0 aliphatic carbocycles. The van der Waals surface area contributed by atoms with E-state index in [-0.39, 0.29) is 17.9 Å². The Morgan fingerprint density at radius 1 is 1.63 bits per heavy atom. The summed E-state index contributed by atoms with van der Waals surface area (Å²) in [4.78, 5) is 32.4. The molecule has 0 fully saturated rings. The highest BCUT2D eigenvalue weighted by Gasteiger charge is 2.20. The molecule has 0 spiro atoms. The molecule has 9 nitrogen and oxygen atoms in total. The summed E-state index contributed by atoms with van der Waals surface area (Å²) in [6.07, 6.45) is -0.261. The number of aromatic nitrogens is 1. The molecule has 1 heterocycles. The summed E-state index contributed by atoms with van der Waals surface area (Å²) in [6.45, 7) is 1.74. The number of aliphatic hydroxyl groups is 1. The van der Waals surface area contributed by atoms with Crippen molar-refractivity contribution in [1.82, 2.24) is 9.88 Å². The van der Waals surface area contributed by atoms with Crippen LogP contribution in [-0.2, 0) is 11.3 Å². The molecule has 4 N–H and O–H groups in total. The maximum absolute atomic E-state index is 11.8. The van der Waals surface area contributed by atoms with Crippen LogP contribution >= 0.6 is 0 Å². The third-order valence-electron chi connectivity index (χ3n) is 2.45. The number of primary amides is 1. The zero-order chi connectivity index (χ0) is 14.6. The van der Waals surface area contributed by atoms with E-state index in [1.165, 1.54) is 10.8 Å². The number of carbonyl (C=O) groups is 2. The summed E-state index contributed by atoms with van der Waals surface area (Å²) < 4.78 is 1.39. The maximum Gasteiger partial charge on any atom is 0.287 e. The second-order valence-corrected chi connectivity index (χ2v) is 3.75. The topological polar surface area (TPSA) is 140 Å². The Morgan fingerprint density at radius 2 is 2.26 bits per heavy atom. The van der Waals surface area contributed by atoms with E-state index in [0.29, 0.717) is 6.54 Å². The van der Waals surface area contributed by atoms with Crippen LogP contribution in [0.25, 0.3) is 0 Å². The predicted molar refractivity (Wildman–Crippen MR) is 64.3 cm³/mol. The number of nitrogens with zero attached hydrogens (tertiary/aromatic N) is 2. The zero-order valence-electron chi connectivity index (χ0n) is 10.2. The Balaban J connectivity index is 2.81. The first-order chi connectivity index (χ1) is 8.86. The van der Waals surface area contributed by atoms with Crippen LogP contribution in [-0.4, -0.2) is 39.1 Å². The van der Waals surface area contributed by atoms with Crippen molar-refractivity contribution in [1.29, 1.82) is 0 Å². The Kier molecular flexibility index (Phi) is 4.59. The van der Waals surface area contributed by atoms with Crippen LogP contribution in [0.2, 0.25) is 0 Å². The first kappa shape index (κ1) is 14.6. The van der Waals surface area contributed by atoms with Crippen LogP contribution < -0.4 is 11.1 Å². The van der Waals surface area contributed by atoms with E-state index >= 15 is 0 Å². The van der Waals surface area contributed by atoms with Crippen molar-refractivity contribution >= 4 is 17.5 Å². The van der Waals surface area contributed by atoms with Crippen LogP contribution in [0.5, 0.6) is 0 Å². The van der Waals surface area contributed by atoms with Gasteiger partial charge in [-0.05, 0) is 6.92 Å². The lowest BCUT2D eigenvalue weighted by Gasteiger charge is -2.09. The molecule has 19 heavy (non-hydrogen) atoms. The fourth-order valence-electron chi connectivity index (χ4n) is 1.43. The maximum atomic E-state index is 11.8. The number of nitrogens with two attached hydrogens (primary N) is 1. The Labute approximate surface area is 108 Å². The highest BCUT2D eigenvalue weighted by atomic mass is 16.6. The molecule has 1 rings (SSSR count). The van der Waals surface area contributed by atoms with Gasteiger partial charge in [0.15, 0.2) is 0 Å². The molecule has 1 atom stereocenters. The second-order valence-electron chi connectivity index (χ2n) is 3.75. The van der Waals surface area contributed by atoms with E-state index in [9.17, 15) is 19.7 Å². The summed E-state index contributed by atoms with van der Waals surface area (Å²) in [5.41, 5.74) is 4.69. The molecule has 0 saturated heterocycles. The van der Waals surface area contributed by atoms with Crippen LogP contribution in [0, 0.1) is 10.1 Å². The van der Waals surface area contributed by atoms with Crippen molar-refractivity contribution in [2.24, 2.45) is 5.73 Å². The quantitative estimate of drug-likeness (QED) is 0.448. The van der Waals surface area contributed by atoms with Crippen LogP contribution in [0.4, 0.5) is 5.69 Å². The van der Waals surface area contributed by atoms with Gasteiger partial charge in [-0.25, -0.2) is 0 Å². The van der Waals surface area contributed by atoms with Crippen molar-refractivity contribution in [3.8, 4) is 0 Å². The molecule has 1 unspecified atom stereocenters. The van der Waals surface area contributed by atoms with Gasteiger partial charge in [0, 0.05) is 12.6 Å². The summed E-state index contributed by atoms with van der Waals surface area (Å²) in [7, 11) is 0. The van der Waals surface area contributed by atoms with Crippen LogP contribution in [0.15, 0.2) is 12.3 Å². The van der Waals surface area contributed by atoms with Crippen LogP contribution in [0.1, 0.15) is 17.4 Å². The summed E-state index contributed by atoms with van der Waals surface area (Å²) in [6, 6.07) is 1.12. The third-order valence-corrected chi connectivity index (χ3v) is 2.45. The van der Waals surface area contributed by atoms with Crippen molar-refractivity contribution in [2.45, 2.75) is 19.6 Å². The average Bonchev–Trinajstić information content (AvgIpc) is 2.79. The number of aliphatic hydroxyl groups excluding tert-OH is 1. The lowest BCUT2D eigenvalue weighted by atomic mass is 10.3. The van der Waals surface area contributed by atoms with Crippen molar-refractivity contribution in [3.05, 3.63) is 28.1 Å². The van der Waals surface area contributed by atoms with Gasteiger partial charge < -0.3 is 20.7 Å². The Morgan fingerprint density at radius 3 is 2.74 bits per heavy atom. The number of amides is 2. The van der Waals surface area contributed by atoms with Gasteiger partial charge in [-0.1, -0.05) is 0 Å². The highest BCUT2D eigenvalue weighted by molar-refractivity contribution is 5.94. The molecule has 2 amide bonds. The van der Waals surface area contributed by atoms with E-state index in [4.69, 9.17) is 10.8 Å². The van der Waals surface area contributed by atoms with Crippen molar-refractivity contribution < 1.29 is 19.6 Å². The lowest BCUT2D eigenvalue weighted by molar-refractivity contribution is -0.384. The van der Waals surface area contributed by atoms with E-state index < -0.39 is 22.8 Å². The number of nitro groups is 1. The third kappa shape index (κ3) is 3.52. The van der Waals surface area contributed by atoms with Gasteiger partial charge >= 0.3 is 0 Å². The van der Waals surface area contributed by atoms with E-state index in [2.05, 4.69) is 5.32 Å². The molecule has 1 aromatic rings. The van der Waals surface area contributed by atoms with Gasteiger partial charge in [-0.15, -0.1) is 0 Å². The zero-order valence-corrected chi connectivity index (χ0v) is 10.2. The van der Waals surface area contributed by atoms with Crippen LogP contribution in [0.3, 0.4) is 0 Å². The number of nitrogens with one attached hydrogen (secondary N) is 1.